The largest absolute Gasteiger partial charge is 0.497 e. The van der Waals surface area contributed by atoms with Crippen LogP contribution in [0.1, 0.15) is 53.0 Å². The summed E-state index contributed by atoms with van der Waals surface area (Å²) in [5.41, 5.74) is 5.56. The van der Waals surface area contributed by atoms with E-state index in [2.05, 4.69) is 55.6 Å². The molecule has 0 amide bonds. The van der Waals surface area contributed by atoms with Crippen molar-refractivity contribution in [3.05, 3.63) is 101 Å². The van der Waals surface area contributed by atoms with Crippen LogP contribution in [0.2, 0.25) is 0 Å². The molecule has 0 spiro atoms. The summed E-state index contributed by atoms with van der Waals surface area (Å²) in [4.78, 5) is 11.5. The van der Waals surface area contributed by atoms with E-state index < -0.39 is 5.97 Å². The molecule has 4 aromatic rings. The fourth-order valence-electron chi connectivity index (χ4n) is 4.37. The van der Waals surface area contributed by atoms with Crippen LogP contribution >= 0.6 is 0 Å². The number of benzene rings is 4. The van der Waals surface area contributed by atoms with Gasteiger partial charge in [-0.1, -0.05) is 48.5 Å². The lowest BCUT2D eigenvalue weighted by Gasteiger charge is -2.22. The molecule has 0 aliphatic carbocycles. The van der Waals surface area contributed by atoms with E-state index in [0.29, 0.717) is 5.56 Å². The van der Waals surface area contributed by atoms with E-state index in [-0.39, 0.29) is 12.1 Å². The molecule has 0 saturated carbocycles. The zero-order valence-corrected chi connectivity index (χ0v) is 19.4. The van der Waals surface area contributed by atoms with Crippen molar-refractivity contribution in [3.63, 3.8) is 0 Å². The van der Waals surface area contributed by atoms with Crippen LogP contribution in [0.15, 0.2) is 78.9 Å². The van der Waals surface area contributed by atoms with Crippen LogP contribution in [-0.2, 0) is 0 Å². The number of hydrogen-bond acceptors (Lipinski definition) is 3. The van der Waals surface area contributed by atoms with Gasteiger partial charge >= 0.3 is 5.97 Å². The third-order valence-corrected chi connectivity index (χ3v) is 6.25. The van der Waals surface area contributed by atoms with Crippen molar-refractivity contribution in [2.24, 2.45) is 0 Å². The number of ether oxygens (including phenoxy) is 1. The summed E-state index contributed by atoms with van der Waals surface area (Å²) >= 11 is 0. The van der Waals surface area contributed by atoms with Gasteiger partial charge in [-0.25, -0.2) is 4.79 Å². The highest BCUT2D eigenvalue weighted by atomic mass is 16.5. The van der Waals surface area contributed by atoms with Gasteiger partial charge < -0.3 is 15.2 Å². The van der Waals surface area contributed by atoms with Crippen LogP contribution in [0.4, 0.5) is 0 Å². The Morgan fingerprint density at radius 3 is 2.36 bits per heavy atom. The summed E-state index contributed by atoms with van der Waals surface area (Å²) in [7, 11) is 1.68. The molecule has 4 heteroatoms. The van der Waals surface area contributed by atoms with Crippen molar-refractivity contribution in [2.75, 3.05) is 7.11 Å². The topological polar surface area (TPSA) is 58.6 Å². The Balaban J connectivity index is 1.72. The van der Waals surface area contributed by atoms with Gasteiger partial charge in [0.05, 0.1) is 12.7 Å². The second kappa shape index (κ2) is 9.47. The Morgan fingerprint density at radius 1 is 0.879 bits per heavy atom. The van der Waals surface area contributed by atoms with Crippen molar-refractivity contribution in [1.29, 1.82) is 0 Å². The number of carbonyl (C=O) groups is 1. The highest BCUT2D eigenvalue weighted by Gasteiger charge is 2.16. The van der Waals surface area contributed by atoms with Crippen molar-refractivity contribution < 1.29 is 14.6 Å². The Bertz CT molecular complexity index is 1310. The minimum atomic E-state index is -0.901. The standard InChI is InChI=1S/C29H29NO3/c1-18-14-23(12-13-26(18)29(31)32)28-17-24(15-22-8-5-6-11-27(22)28)20(3)30-19(2)21-9-7-10-25(16-21)33-4/h5-17,19-20,30H,1-4H3,(H,31,32)/t19-,20?/m1/s1. The second-order valence-corrected chi connectivity index (χ2v) is 8.51. The number of carboxylic acid groups (broad SMARTS) is 1. The third-order valence-electron chi connectivity index (χ3n) is 6.25. The van der Waals surface area contributed by atoms with E-state index >= 15 is 0 Å². The Kier molecular flexibility index (Phi) is 6.47. The van der Waals surface area contributed by atoms with Crippen molar-refractivity contribution in [1.82, 2.24) is 5.32 Å². The summed E-state index contributed by atoms with van der Waals surface area (Å²) in [6, 6.07) is 26.7. The molecule has 4 aromatic carbocycles. The lowest BCUT2D eigenvalue weighted by Crippen LogP contribution is -2.22. The molecule has 0 saturated heterocycles. The number of rotatable bonds is 7. The van der Waals surface area contributed by atoms with Gasteiger partial charge in [0.1, 0.15) is 5.75 Å². The highest BCUT2D eigenvalue weighted by molar-refractivity contribution is 5.98. The van der Waals surface area contributed by atoms with Gasteiger partial charge in [-0.15, -0.1) is 0 Å². The van der Waals surface area contributed by atoms with Crippen LogP contribution in [0.25, 0.3) is 21.9 Å². The average Bonchev–Trinajstić information content (AvgIpc) is 2.83. The first kappa shape index (κ1) is 22.6. The van der Waals surface area contributed by atoms with Crippen LogP contribution in [-0.4, -0.2) is 18.2 Å². The Hall–Kier alpha value is -3.63. The van der Waals surface area contributed by atoms with E-state index in [1.807, 2.05) is 43.3 Å². The van der Waals surface area contributed by atoms with Gasteiger partial charge in [-0.3, -0.25) is 0 Å². The molecule has 4 rings (SSSR count). The van der Waals surface area contributed by atoms with E-state index in [0.717, 1.165) is 33.2 Å². The molecule has 4 nitrogen and oxygen atoms in total. The molecule has 2 atom stereocenters. The smallest absolute Gasteiger partial charge is 0.335 e. The molecule has 0 aliphatic rings. The average molecular weight is 440 g/mol. The molecule has 0 aliphatic heterocycles. The SMILES string of the molecule is COc1cccc([C@@H](C)NC(C)c2cc(-c3ccc(C(=O)O)c(C)c3)c3ccccc3c2)c1. The maximum atomic E-state index is 11.5. The van der Waals surface area contributed by atoms with Crippen LogP contribution in [0, 0.1) is 6.92 Å². The molecule has 0 bridgehead atoms. The molecular formula is C29H29NO3. The molecule has 0 fully saturated rings. The molecule has 0 heterocycles. The highest BCUT2D eigenvalue weighted by Crippen LogP contribution is 2.34. The summed E-state index contributed by atoms with van der Waals surface area (Å²) in [5, 5.41) is 15.4. The normalized spacial score (nSPS) is 13.0. The van der Waals surface area contributed by atoms with Crippen LogP contribution in [0.5, 0.6) is 5.75 Å². The summed E-state index contributed by atoms with van der Waals surface area (Å²) in [6.45, 7) is 6.17. The minimum absolute atomic E-state index is 0.106. The van der Waals surface area contributed by atoms with Gasteiger partial charge in [0.2, 0.25) is 0 Å². The number of hydrogen-bond donors (Lipinski definition) is 2. The van der Waals surface area contributed by atoms with Crippen molar-refractivity contribution in [3.8, 4) is 16.9 Å². The third kappa shape index (κ3) is 4.76. The zero-order chi connectivity index (χ0) is 23.5. The van der Waals surface area contributed by atoms with Crippen LogP contribution < -0.4 is 10.1 Å². The quantitative estimate of drug-likeness (QED) is 0.328. The van der Waals surface area contributed by atoms with Gasteiger partial charge in [-0.05, 0) is 89.7 Å². The van der Waals surface area contributed by atoms with E-state index in [1.165, 1.54) is 11.1 Å². The van der Waals surface area contributed by atoms with E-state index in [9.17, 15) is 9.90 Å². The maximum absolute atomic E-state index is 11.5. The first-order chi connectivity index (χ1) is 15.9. The molecule has 0 aromatic heterocycles. The van der Waals surface area contributed by atoms with Crippen molar-refractivity contribution >= 4 is 16.7 Å². The first-order valence-electron chi connectivity index (χ1n) is 11.1. The van der Waals surface area contributed by atoms with E-state index in [4.69, 9.17) is 4.74 Å². The fourth-order valence-corrected chi connectivity index (χ4v) is 4.37. The predicted octanol–water partition coefficient (Wildman–Crippen LogP) is 6.93. The lowest BCUT2D eigenvalue weighted by atomic mass is 9.91. The maximum Gasteiger partial charge on any atom is 0.335 e. The van der Waals surface area contributed by atoms with Gasteiger partial charge in [0, 0.05) is 12.1 Å². The molecular weight excluding hydrogens is 410 g/mol. The summed E-state index contributed by atoms with van der Waals surface area (Å²) in [6.07, 6.45) is 0. The zero-order valence-electron chi connectivity index (χ0n) is 19.4. The predicted molar refractivity (Wildman–Crippen MR) is 134 cm³/mol. The number of fused-ring (bicyclic) bond motifs is 1. The fraction of sp³-hybridized carbons (Fsp3) is 0.207. The first-order valence-corrected chi connectivity index (χ1v) is 11.1. The van der Waals surface area contributed by atoms with Gasteiger partial charge in [0.25, 0.3) is 0 Å². The summed E-state index contributed by atoms with van der Waals surface area (Å²) < 4.78 is 5.38. The molecule has 1 unspecified atom stereocenters. The van der Waals surface area contributed by atoms with E-state index in [1.54, 1.807) is 13.2 Å². The second-order valence-electron chi connectivity index (χ2n) is 8.51. The monoisotopic (exact) mass is 439 g/mol. The van der Waals surface area contributed by atoms with Gasteiger partial charge in [-0.2, -0.15) is 0 Å². The lowest BCUT2D eigenvalue weighted by molar-refractivity contribution is 0.0696. The molecule has 0 radical (unpaired) electrons. The minimum Gasteiger partial charge on any atom is -0.497 e. The molecule has 168 valence electrons. The van der Waals surface area contributed by atoms with Crippen molar-refractivity contribution in [2.45, 2.75) is 32.9 Å². The molecule has 2 N–H and O–H groups in total. The number of methoxy groups -OCH3 is 1. The number of carboxylic acids is 1. The van der Waals surface area contributed by atoms with Crippen LogP contribution in [0.3, 0.4) is 0 Å². The van der Waals surface area contributed by atoms with Gasteiger partial charge in [0.15, 0.2) is 0 Å². The Labute approximate surface area is 194 Å². The summed E-state index contributed by atoms with van der Waals surface area (Å²) in [5.74, 6) is -0.0519. The molecule has 33 heavy (non-hydrogen) atoms. The Morgan fingerprint density at radius 2 is 1.64 bits per heavy atom. The number of nitrogens with one attached hydrogen (secondary N) is 1. The number of aromatic carboxylic acids is 1. The number of aryl methyl sites for hydroxylation is 1.